The van der Waals surface area contributed by atoms with Crippen LogP contribution in [0.4, 0.5) is 0 Å². The minimum Gasteiger partial charge on any atom is -0.478 e. The third kappa shape index (κ3) is 2.04. The summed E-state index contributed by atoms with van der Waals surface area (Å²) >= 11 is 0. The number of hydrogen-bond acceptors (Lipinski definition) is 2. The Morgan fingerprint density at radius 1 is 1.53 bits per heavy atom. The van der Waals surface area contributed by atoms with E-state index in [-0.39, 0.29) is 0 Å². The third-order valence-corrected chi connectivity index (χ3v) is 2.06. The van der Waals surface area contributed by atoms with Crippen molar-refractivity contribution in [3.8, 4) is 0 Å². The molecule has 1 aromatic heterocycles. The molecule has 0 unspecified atom stereocenters. The smallest absolute Gasteiger partial charge is 0.328 e. The van der Waals surface area contributed by atoms with E-state index < -0.39 is 5.97 Å². The molecule has 1 aromatic carbocycles. The van der Waals surface area contributed by atoms with Crippen molar-refractivity contribution in [3.05, 3.63) is 36.0 Å². The zero-order valence-electron chi connectivity index (χ0n) is 8.21. The first-order valence-electron chi connectivity index (χ1n) is 4.49. The number of fused-ring (bicyclic) bond motifs is 1. The summed E-state index contributed by atoms with van der Waals surface area (Å²) in [6.45, 7) is 0. The molecule has 2 aromatic rings. The highest BCUT2D eigenvalue weighted by Gasteiger charge is 1.98. The van der Waals surface area contributed by atoms with Crippen molar-refractivity contribution < 1.29 is 9.90 Å². The highest BCUT2D eigenvalue weighted by Crippen LogP contribution is 2.14. The average molecular weight is 202 g/mol. The fourth-order valence-electron chi connectivity index (χ4n) is 1.43. The molecule has 76 valence electrons. The molecular formula is C11H10N2O2. The second-order valence-electron chi connectivity index (χ2n) is 3.29. The van der Waals surface area contributed by atoms with E-state index in [2.05, 4.69) is 5.10 Å². The molecule has 0 aliphatic carbocycles. The zero-order valence-corrected chi connectivity index (χ0v) is 8.21. The van der Waals surface area contributed by atoms with Gasteiger partial charge in [-0.25, -0.2) is 4.79 Å². The largest absolute Gasteiger partial charge is 0.478 e. The summed E-state index contributed by atoms with van der Waals surface area (Å²) in [4.78, 5) is 10.3. The van der Waals surface area contributed by atoms with Crippen LogP contribution in [0.2, 0.25) is 0 Å². The number of benzene rings is 1. The van der Waals surface area contributed by atoms with Crippen LogP contribution in [-0.2, 0) is 11.8 Å². The quantitative estimate of drug-likeness (QED) is 0.753. The highest BCUT2D eigenvalue weighted by atomic mass is 16.4. The van der Waals surface area contributed by atoms with Crippen LogP contribution in [0.5, 0.6) is 0 Å². The van der Waals surface area contributed by atoms with E-state index in [0.717, 1.165) is 22.5 Å². The highest BCUT2D eigenvalue weighted by molar-refractivity contribution is 5.87. The Kier molecular flexibility index (Phi) is 2.25. The van der Waals surface area contributed by atoms with Crippen molar-refractivity contribution in [1.29, 1.82) is 0 Å². The molecule has 2 rings (SSSR count). The standard InChI is InChI=1S/C11H10N2O2/c1-13-7-9-4-2-8(3-5-11(14)15)6-10(9)12-13/h2-7H,1H3,(H,14,15). The Labute approximate surface area is 86.4 Å². The van der Waals surface area contributed by atoms with Gasteiger partial charge in [-0.2, -0.15) is 5.10 Å². The van der Waals surface area contributed by atoms with Crippen LogP contribution in [0.3, 0.4) is 0 Å². The molecule has 15 heavy (non-hydrogen) atoms. The van der Waals surface area contributed by atoms with Crippen LogP contribution >= 0.6 is 0 Å². The van der Waals surface area contributed by atoms with Crippen LogP contribution in [0, 0.1) is 0 Å². The lowest BCUT2D eigenvalue weighted by molar-refractivity contribution is -0.131. The van der Waals surface area contributed by atoms with Crippen molar-refractivity contribution in [2.75, 3.05) is 0 Å². The molecule has 4 nitrogen and oxygen atoms in total. The van der Waals surface area contributed by atoms with Crippen molar-refractivity contribution in [2.24, 2.45) is 7.05 Å². The molecule has 0 amide bonds. The Balaban J connectivity index is 2.42. The van der Waals surface area contributed by atoms with Gasteiger partial charge in [0.2, 0.25) is 0 Å². The summed E-state index contributed by atoms with van der Waals surface area (Å²) in [6.07, 6.45) is 4.58. The van der Waals surface area contributed by atoms with Gasteiger partial charge in [-0.15, -0.1) is 0 Å². The predicted molar refractivity (Wildman–Crippen MR) is 57.4 cm³/mol. The molecule has 0 atom stereocenters. The summed E-state index contributed by atoms with van der Waals surface area (Å²) in [5.74, 6) is -0.948. The maximum Gasteiger partial charge on any atom is 0.328 e. The minimum atomic E-state index is -0.948. The number of aryl methyl sites for hydroxylation is 1. The zero-order chi connectivity index (χ0) is 10.8. The van der Waals surface area contributed by atoms with Gasteiger partial charge in [0.05, 0.1) is 5.52 Å². The second kappa shape index (κ2) is 3.57. The molecule has 0 radical (unpaired) electrons. The molecule has 0 aliphatic heterocycles. The van der Waals surface area contributed by atoms with Crippen LogP contribution in [0.25, 0.3) is 17.0 Å². The predicted octanol–water partition coefficient (Wildman–Crippen LogP) is 1.67. The Morgan fingerprint density at radius 2 is 2.33 bits per heavy atom. The average Bonchev–Trinajstić information content (AvgIpc) is 2.53. The van der Waals surface area contributed by atoms with E-state index in [1.165, 1.54) is 0 Å². The molecular weight excluding hydrogens is 192 g/mol. The van der Waals surface area contributed by atoms with Crippen molar-refractivity contribution in [1.82, 2.24) is 9.78 Å². The monoisotopic (exact) mass is 202 g/mol. The first kappa shape index (κ1) is 9.45. The molecule has 1 heterocycles. The Morgan fingerprint density at radius 3 is 3.07 bits per heavy atom. The van der Waals surface area contributed by atoms with E-state index in [1.54, 1.807) is 10.8 Å². The number of rotatable bonds is 2. The van der Waals surface area contributed by atoms with E-state index >= 15 is 0 Å². The second-order valence-corrected chi connectivity index (χ2v) is 3.29. The summed E-state index contributed by atoms with van der Waals surface area (Å²) in [5, 5.41) is 13.8. The van der Waals surface area contributed by atoms with E-state index in [1.807, 2.05) is 31.4 Å². The van der Waals surface area contributed by atoms with Gasteiger partial charge in [0.1, 0.15) is 0 Å². The fraction of sp³-hybridized carbons (Fsp3) is 0.0909. The van der Waals surface area contributed by atoms with E-state index in [9.17, 15) is 4.79 Å². The number of hydrogen-bond donors (Lipinski definition) is 1. The molecule has 0 saturated heterocycles. The van der Waals surface area contributed by atoms with Gasteiger partial charge in [0.25, 0.3) is 0 Å². The molecule has 0 aliphatic rings. The molecule has 4 heteroatoms. The Hall–Kier alpha value is -2.10. The van der Waals surface area contributed by atoms with Gasteiger partial charge >= 0.3 is 5.97 Å². The molecule has 0 spiro atoms. The molecule has 0 bridgehead atoms. The van der Waals surface area contributed by atoms with Gasteiger partial charge in [0, 0.05) is 24.7 Å². The van der Waals surface area contributed by atoms with Crippen molar-refractivity contribution >= 4 is 22.9 Å². The lowest BCUT2D eigenvalue weighted by Crippen LogP contribution is -1.86. The number of nitrogens with zero attached hydrogens (tertiary/aromatic N) is 2. The van der Waals surface area contributed by atoms with Crippen LogP contribution in [0.15, 0.2) is 30.5 Å². The number of carboxylic acid groups (broad SMARTS) is 1. The molecule has 0 fully saturated rings. The first-order chi connectivity index (χ1) is 7.15. The van der Waals surface area contributed by atoms with Crippen molar-refractivity contribution in [2.45, 2.75) is 0 Å². The van der Waals surface area contributed by atoms with Gasteiger partial charge in [0.15, 0.2) is 0 Å². The maximum atomic E-state index is 10.3. The summed E-state index contributed by atoms with van der Waals surface area (Å²) < 4.78 is 1.73. The van der Waals surface area contributed by atoms with Gasteiger partial charge in [-0.1, -0.05) is 12.1 Å². The van der Waals surface area contributed by atoms with Crippen molar-refractivity contribution in [3.63, 3.8) is 0 Å². The molecule has 0 saturated carbocycles. The Bertz CT molecular complexity index is 541. The number of carbonyl (C=O) groups is 1. The lowest BCUT2D eigenvalue weighted by atomic mass is 10.1. The van der Waals surface area contributed by atoms with Gasteiger partial charge < -0.3 is 5.11 Å². The van der Waals surface area contributed by atoms with Gasteiger partial charge in [-0.05, 0) is 17.7 Å². The third-order valence-electron chi connectivity index (χ3n) is 2.06. The maximum absolute atomic E-state index is 10.3. The number of aliphatic carboxylic acids is 1. The number of aromatic nitrogens is 2. The number of carboxylic acids is 1. The van der Waals surface area contributed by atoms with Gasteiger partial charge in [-0.3, -0.25) is 4.68 Å². The SMILES string of the molecule is Cn1cc2ccc(C=CC(=O)O)cc2n1. The minimum absolute atomic E-state index is 0.837. The normalized spacial score (nSPS) is 11.3. The molecule has 1 N–H and O–H groups in total. The summed E-state index contributed by atoms with van der Waals surface area (Å²) in [6, 6.07) is 5.64. The lowest BCUT2D eigenvalue weighted by Gasteiger charge is -1.91. The first-order valence-corrected chi connectivity index (χ1v) is 4.49. The topological polar surface area (TPSA) is 55.1 Å². The summed E-state index contributed by atoms with van der Waals surface area (Å²) in [5.41, 5.74) is 1.70. The van der Waals surface area contributed by atoms with Crippen LogP contribution in [0.1, 0.15) is 5.56 Å². The van der Waals surface area contributed by atoms with Crippen LogP contribution < -0.4 is 0 Å². The van der Waals surface area contributed by atoms with Crippen LogP contribution in [-0.4, -0.2) is 20.9 Å². The van der Waals surface area contributed by atoms with E-state index in [0.29, 0.717) is 0 Å². The van der Waals surface area contributed by atoms with E-state index in [4.69, 9.17) is 5.11 Å². The summed E-state index contributed by atoms with van der Waals surface area (Å²) in [7, 11) is 1.85. The fourth-order valence-corrected chi connectivity index (χ4v) is 1.43.